The van der Waals surface area contributed by atoms with E-state index in [4.69, 9.17) is 9.47 Å². The van der Waals surface area contributed by atoms with E-state index < -0.39 is 23.9 Å². The monoisotopic (exact) mass is 328 g/mol. The fourth-order valence-corrected chi connectivity index (χ4v) is 2.14. The van der Waals surface area contributed by atoms with Gasteiger partial charge in [-0.2, -0.15) is 0 Å². The first-order chi connectivity index (χ1) is 11.5. The first-order valence-electron chi connectivity index (χ1n) is 7.34. The zero-order valence-corrected chi connectivity index (χ0v) is 13.4. The number of carbonyl (C=O) groups excluding carboxylic acids is 2. The quantitative estimate of drug-likeness (QED) is 0.613. The van der Waals surface area contributed by atoms with Crippen LogP contribution in [-0.4, -0.2) is 11.9 Å². The number of hydrogen-bond donors (Lipinski definition) is 0. The van der Waals surface area contributed by atoms with Gasteiger partial charge in [0.2, 0.25) is 0 Å². The van der Waals surface area contributed by atoms with E-state index in [0.717, 1.165) is 5.56 Å². The molecule has 2 aromatic carbocycles. The van der Waals surface area contributed by atoms with Crippen LogP contribution in [0.25, 0.3) is 6.08 Å². The second-order valence-corrected chi connectivity index (χ2v) is 5.08. The molecule has 0 saturated heterocycles. The minimum absolute atomic E-state index is 0.146. The summed E-state index contributed by atoms with van der Waals surface area (Å²) in [6.45, 7) is 2.50. The van der Waals surface area contributed by atoms with Crippen molar-refractivity contribution in [3.63, 3.8) is 0 Å². The summed E-state index contributed by atoms with van der Waals surface area (Å²) < 4.78 is 24.0. The second kappa shape index (κ2) is 8.06. The highest BCUT2D eigenvalue weighted by Gasteiger charge is 2.19. The van der Waals surface area contributed by atoms with Gasteiger partial charge in [-0.05, 0) is 29.8 Å². The molecule has 0 N–H and O–H groups in total. The van der Waals surface area contributed by atoms with Gasteiger partial charge in [-0.15, -0.1) is 0 Å². The van der Waals surface area contributed by atoms with Gasteiger partial charge in [-0.1, -0.05) is 36.4 Å². The van der Waals surface area contributed by atoms with Crippen LogP contribution in [0.3, 0.4) is 0 Å². The van der Waals surface area contributed by atoms with Crippen LogP contribution in [0.2, 0.25) is 0 Å². The van der Waals surface area contributed by atoms with Crippen molar-refractivity contribution in [3.05, 3.63) is 71.6 Å². The maximum atomic E-state index is 13.6. The highest BCUT2D eigenvalue weighted by atomic mass is 19.1. The molecule has 2 aromatic rings. The third-order valence-corrected chi connectivity index (χ3v) is 3.09. The van der Waals surface area contributed by atoms with Gasteiger partial charge in [0, 0.05) is 19.4 Å². The zero-order chi connectivity index (χ0) is 17.5. The van der Waals surface area contributed by atoms with Crippen LogP contribution in [0.1, 0.15) is 31.1 Å². The van der Waals surface area contributed by atoms with E-state index in [1.54, 1.807) is 12.2 Å². The molecule has 1 atom stereocenters. The Bertz CT molecular complexity index is 753. The highest BCUT2D eigenvalue weighted by Crippen LogP contribution is 2.30. The lowest BCUT2D eigenvalue weighted by molar-refractivity contribution is -0.144. The molecule has 2 rings (SSSR count). The van der Waals surface area contributed by atoms with Crippen LogP contribution < -0.4 is 4.74 Å². The first kappa shape index (κ1) is 17.4. The Labute approximate surface area is 139 Å². The minimum Gasteiger partial charge on any atom is -0.453 e. The van der Waals surface area contributed by atoms with Gasteiger partial charge in [0.1, 0.15) is 17.7 Å². The number of esters is 2. The Morgan fingerprint density at radius 2 is 1.75 bits per heavy atom. The van der Waals surface area contributed by atoms with Crippen molar-refractivity contribution in [2.75, 3.05) is 0 Å². The minimum atomic E-state index is -0.882. The lowest BCUT2D eigenvalue weighted by Crippen LogP contribution is -2.10. The van der Waals surface area contributed by atoms with Gasteiger partial charge >= 0.3 is 11.9 Å². The SMILES string of the molecule is CC(=O)Oc1ccc(F)cc1C(/C=C/c1ccccc1)OC(C)=O. The molecule has 0 fully saturated rings. The number of halogens is 1. The molecule has 4 nitrogen and oxygen atoms in total. The molecule has 0 aliphatic carbocycles. The second-order valence-electron chi connectivity index (χ2n) is 5.08. The molecule has 0 spiro atoms. The Kier molecular flexibility index (Phi) is 5.84. The van der Waals surface area contributed by atoms with Crippen molar-refractivity contribution >= 4 is 18.0 Å². The molecule has 0 aliphatic rings. The van der Waals surface area contributed by atoms with E-state index in [1.807, 2.05) is 30.3 Å². The maximum absolute atomic E-state index is 13.6. The van der Waals surface area contributed by atoms with Crippen LogP contribution >= 0.6 is 0 Å². The zero-order valence-electron chi connectivity index (χ0n) is 13.4. The Hall–Kier alpha value is -2.95. The van der Waals surface area contributed by atoms with Crippen LogP contribution in [0, 0.1) is 5.82 Å². The molecule has 0 heterocycles. The predicted octanol–water partition coefficient (Wildman–Crippen LogP) is 4.07. The molecule has 24 heavy (non-hydrogen) atoms. The summed E-state index contributed by atoms with van der Waals surface area (Å²) in [6.07, 6.45) is 2.47. The number of hydrogen-bond acceptors (Lipinski definition) is 4. The summed E-state index contributed by atoms with van der Waals surface area (Å²) in [5.41, 5.74) is 1.15. The molecule has 0 aliphatic heterocycles. The van der Waals surface area contributed by atoms with E-state index in [1.165, 1.54) is 32.0 Å². The van der Waals surface area contributed by atoms with E-state index in [0.29, 0.717) is 0 Å². The lowest BCUT2D eigenvalue weighted by Gasteiger charge is -2.17. The summed E-state index contributed by atoms with van der Waals surface area (Å²) in [5, 5.41) is 0. The fourth-order valence-electron chi connectivity index (χ4n) is 2.14. The molecule has 124 valence electrons. The largest absolute Gasteiger partial charge is 0.453 e. The molecule has 0 amide bonds. The first-order valence-corrected chi connectivity index (χ1v) is 7.34. The van der Waals surface area contributed by atoms with Crippen LogP contribution in [0.4, 0.5) is 4.39 Å². The Morgan fingerprint density at radius 3 is 2.38 bits per heavy atom. The number of ether oxygens (including phenoxy) is 2. The van der Waals surface area contributed by atoms with E-state index in [2.05, 4.69) is 0 Å². The average molecular weight is 328 g/mol. The average Bonchev–Trinajstić information content (AvgIpc) is 2.53. The number of rotatable bonds is 5. The highest BCUT2D eigenvalue weighted by molar-refractivity contribution is 5.70. The topological polar surface area (TPSA) is 52.6 Å². The third-order valence-electron chi connectivity index (χ3n) is 3.09. The predicted molar refractivity (Wildman–Crippen MR) is 87.7 cm³/mol. The van der Waals surface area contributed by atoms with Crippen molar-refractivity contribution in [1.29, 1.82) is 0 Å². The van der Waals surface area contributed by atoms with Gasteiger partial charge in [0.25, 0.3) is 0 Å². The van der Waals surface area contributed by atoms with Crippen molar-refractivity contribution < 1.29 is 23.5 Å². The standard InChI is InChI=1S/C19H17FO4/c1-13(21)23-18(10-8-15-6-4-3-5-7-15)17-12-16(20)9-11-19(17)24-14(2)22/h3-12,18H,1-2H3/b10-8+. The van der Waals surface area contributed by atoms with Gasteiger partial charge in [0.05, 0.1) is 0 Å². The molecule has 0 saturated carbocycles. The Morgan fingerprint density at radius 1 is 1.04 bits per heavy atom. The molecule has 0 radical (unpaired) electrons. The fraction of sp³-hybridized carbons (Fsp3) is 0.158. The Balaban J connectivity index is 2.40. The normalized spacial score (nSPS) is 12.0. The molecular weight excluding hydrogens is 311 g/mol. The third kappa shape index (κ3) is 5.05. The summed E-state index contributed by atoms with van der Waals surface area (Å²) in [4.78, 5) is 22.6. The summed E-state index contributed by atoms with van der Waals surface area (Å²) >= 11 is 0. The van der Waals surface area contributed by atoms with Crippen molar-refractivity contribution in [1.82, 2.24) is 0 Å². The maximum Gasteiger partial charge on any atom is 0.308 e. The van der Waals surface area contributed by atoms with Crippen molar-refractivity contribution in [2.45, 2.75) is 20.0 Å². The molecule has 5 heteroatoms. The van der Waals surface area contributed by atoms with Crippen molar-refractivity contribution in [3.8, 4) is 5.75 Å². The van der Waals surface area contributed by atoms with Gasteiger partial charge < -0.3 is 9.47 Å². The molecular formula is C19H17FO4. The summed E-state index contributed by atoms with van der Waals surface area (Å²) in [5.74, 6) is -1.45. The van der Waals surface area contributed by atoms with E-state index in [-0.39, 0.29) is 11.3 Å². The molecule has 0 bridgehead atoms. The summed E-state index contributed by atoms with van der Waals surface area (Å²) in [6, 6.07) is 13.1. The van der Waals surface area contributed by atoms with Crippen molar-refractivity contribution in [2.24, 2.45) is 0 Å². The van der Waals surface area contributed by atoms with Crippen LogP contribution in [-0.2, 0) is 14.3 Å². The van der Waals surface area contributed by atoms with Gasteiger partial charge in [-0.3, -0.25) is 9.59 Å². The van der Waals surface area contributed by atoms with Crippen LogP contribution in [0.15, 0.2) is 54.6 Å². The van der Waals surface area contributed by atoms with Crippen LogP contribution in [0.5, 0.6) is 5.75 Å². The number of carbonyl (C=O) groups is 2. The molecule has 0 aromatic heterocycles. The van der Waals surface area contributed by atoms with E-state index in [9.17, 15) is 14.0 Å². The van der Waals surface area contributed by atoms with E-state index >= 15 is 0 Å². The smallest absolute Gasteiger partial charge is 0.308 e. The molecule has 1 unspecified atom stereocenters. The van der Waals surface area contributed by atoms with Gasteiger partial charge in [-0.25, -0.2) is 4.39 Å². The lowest BCUT2D eigenvalue weighted by atomic mass is 10.1. The van der Waals surface area contributed by atoms with Gasteiger partial charge in [0.15, 0.2) is 0 Å². The number of benzene rings is 2. The summed E-state index contributed by atoms with van der Waals surface area (Å²) in [7, 11) is 0.